The summed E-state index contributed by atoms with van der Waals surface area (Å²) < 4.78 is 13.2. The topological polar surface area (TPSA) is 81.2 Å². The maximum atomic E-state index is 13.2. The molecule has 5 nitrogen and oxygen atoms in total. The zero-order chi connectivity index (χ0) is 12.3. The van der Waals surface area contributed by atoms with E-state index in [2.05, 4.69) is 5.32 Å². The van der Waals surface area contributed by atoms with Crippen LogP contribution in [0, 0.1) is 22.9 Å². The molecule has 0 heterocycles. The van der Waals surface area contributed by atoms with E-state index in [1.165, 1.54) is 6.07 Å². The highest BCUT2D eigenvalue weighted by atomic mass is 19.1. The summed E-state index contributed by atoms with van der Waals surface area (Å²) in [4.78, 5) is 10.1. The number of nitro benzene ring substituents is 1. The van der Waals surface area contributed by atoms with Crippen LogP contribution in [0.1, 0.15) is 12.5 Å². The van der Waals surface area contributed by atoms with Gasteiger partial charge >= 0.3 is 0 Å². The molecule has 1 aromatic carbocycles. The van der Waals surface area contributed by atoms with Crippen LogP contribution in [-0.2, 0) is 0 Å². The van der Waals surface area contributed by atoms with Crippen molar-refractivity contribution in [2.24, 2.45) is 5.73 Å². The van der Waals surface area contributed by atoms with Crippen molar-refractivity contribution in [2.75, 3.05) is 11.9 Å². The summed E-state index contributed by atoms with van der Waals surface area (Å²) >= 11 is 0. The Labute approximate surface area is 92.6 Å². The fourth-order valence-electron chi connectivity index (χ4n) is 1.23. The molecule has 1 rings (SSSR count). The van der Waals surface area contributed by atoms with Crippen LogP contribution >= 0.6 is 0 Å². The first kappa shape index (κ1) is 12.4. The highest BCUT2D eigenvalue weighted by Crippen LogP contribution is 2.27. The second kappa shape index (κ2) is 4.89. The average molecular weight is 227 g/mol. The lowest BCUT2D eigenvalue weighted by molar-refractivity contribution is -0.384. The molecule has 88 valence electrons. The van der Waals surface area contributed by atoms with Gasteiger partial charge in [0.25, 0.3) is 5.69 Å². The van der Waals surface area contributed by atoms with Gasteiger partial charge in [0.05, 0.1) is 11.0 Å². The predicted molar refractivity (Wildman–Crippen MR) is 59.9 cm³/mol. The number of hydrogen-bond acceptors (Lipinski definition) is 4. The summed E-state index contributed by atoms with van der Waals surface area (Å²) in [7, 11) is 0. The van der Waals surface area contributed by atoms with E-state index >= 15 is 0 Å². The van der Waals surface area contributed by atoms with Crippen molar-refractivity contribution in [3.05, 3.63) is 33.6 Å². The molecule has 6 heteroatoms. The number of nitrogens with two attached hydrogens (primary N) is 1. The molecular weight excluding hydrogens is 213 g/mol. The Kier molecular flexibility index (Phi) is 3.78. The molecule has 3 N–H and O–H groups in total. The minimum Gasteiger partial charge on any atom is -0.378 e. The normalized spacial score (nSPS) is 12.2. The molecule has 0 spiro atoms. The molecule has 0 bridgehead atoms. The Morgan fingerprint density at radius 2 is 2.25 bits per heavy atom. The van der Waals surface area contributed by atoms with E-state index in [0.29, 0.717) is 17.8 Å². The highest BCUT2D eigenvalue weighted by Gasteiger charge is 2.16. The van der Waals surface area contributed by atoms with E-state index in [9.17, 15) is 14.5 Å². The van der Waals surface area contributed by atoms with Gasteiger partial charge in [0.2, 0.25) is 0 Å². The van der Waals surface area contributed by atoms with Crippen LogP contribution in [0.15, 0.2) is 12.1 Å². The number of anilines is 1. The van der Waals surface area contributed by atoms with Crippen molar-refractivity contribution in [1.82, 2.24) is 0 Å². The number of nitrogens with zero attached hydrogens (tertiary/aromatic N) is 1. The van der Waals surface area contributed by atoms with Gasteiger partial charge in [-0.25, -0.2) is 4.39 Å². The second-order valence-electron chi connectivity index (χ2n) is 3.73. The van der Waals surface area contributed by atoms with Crippen molar-refractivity contribution in [2.45, 2.75) is 19.9 Å². The number of nitrogens with one attached hydrogen (secondary N) is 1. The van der Waals surface area contributed by atoms with Gasteiger partial charge in [-0.1, -0.05) is 0 Å². The zero-order valence-corrected chi connectivity index (χ0v) is 9.16. The molecule has 0 fully saturated rings. The minimum atomic E-state index is -0.619. The first-order chi connectivity index (χ1) is 7.41. The quantitative estimate of drug-likeness (QED) is 0.607. The van der Waals surface area contributed by atoms with Gasteiger partial charge in [-0.05, 0) is 25.5 Å². The van der Waals surface area contributed by atoms with Crippen molar-refractivity contribution in [3.8, 4) is 0 Å². The molecule has 1 aromatic rings. The Hall–Kier alpha value is -1.69. The van der Waals surface area contributed by atoms with Crippen molar-refractivity contribution in [1.29, 1.82) is 0 Å². The van der Waals surface area contributed by atoms with Crippen molar-refractivity contribution in [3.63, 3.8) is 0 Å². The maximum absolute atomic E-state index is 13.2. The lowest BCUT2D eigenvalue weighted by Gasteiger charge is -2.10. The number of rotatable bonds is 4. The van der Waals surface area contributed by atoms with Crippen LogP contribution in [0.25, 0.3) is 0 Å². The van der Waals surface area contributed by atoms with E-state index in [1.54, 1.807) is 13.8 Å². The Balaban J connectivity index is 3.05. The largest absolute Gasteiger partial charge is 0.378 e. The Morgan fingerprint density at radius 1 is 1.62 bits per heavy atom. The summed E-state index contributed by atoms with van der Waals surface area (Å²) in [5.41, 5.74) is 5.91. The Morgan fingerprint density at radius 3 is 2.75 bits per heavy atom. The number of aryl methyl sites for hydroxylation is 1. The molecule has 1 unspecified atom stereocenters. The fourth-order valence-corrected chi connectivity index (χ4v) is 1.23. The summed E-state index contributed by atoms with van der Waals surface area (Å²) in [5.74, 6) is -0.585. The molecule has 0 aromatic heterocycles. The number of benzene rings is 1. The van der Waals surface area contributed by atoms with Gasteiger partial charge in [0, 0.05) is 12.6 Å². The van der Waals surface area contributed by atoms with Gasteiger partial charge < -0.3 is 11.1 Å². The van der Waals surface area contributed by atoms with E-state index < -0.39 is 10.7 Å². The van der Waals surface area contributed by atoms with Crippen LogP contribution in [0.2, 0.25) is 0 Å². The summed E-state index contributed by atoms with van der Waals surface area (Å²) in [6, 6.07) is 2.19. The number of halogens is 1. The first-order valence-corrected chi connectivity index (χ1v) is 4.85. The fraction of sp³-hybridized carbons (Fsp3) is 0.400. The van der Waals surface area contributed by atoms with Gasteiger partial charge in [0.15, 0.2) is 0 Å². The molecule has 0 saturated carbocycles. The van der Waals surface area contributed by atoms with Gasteiger partial charge in [-0.2, -0.15) is 0 Å². The maximum Gasteiger partial charge on any atom is 0.295 e. The SMILES string of the molecule is Cc1cc(NCC(C)N)c([N+](=O)[O-])cc1F. The summed E-state index contributed by atoms with van der Waals surface area (Å²) in [6.45, 7) is 3.72. The average Bonchev–Trinajstić information content (AvgIpc) is 2.18. The third-order valence-electron chi connectivity index (χ3n) is 2.09. The van der Waals surface area contributed by atoms with Gasteiger partial charge in [-0.15, -0.1) is 0 Å². The Bertz CT molecular complexity index is 407. The smallest absolute Gasteiger partial charge is 0.295 e. The monoisotopic (exact) mass is 227 g/mol. The first-order valence-electron chi connectivity index (χ1n) is 4.85. The lowest BCUT2D eigenvalue weighted by atomic mass is 10.1. The third kappa shape index (κ3) is 2.90. The molecule has 0 aliphatic heterocycles. The summed E-state index contributed by atoms with van der Waals surface area (Å²) in [6.07, 6.45) is 0. The van der Waals surface area contributed by atoms with Crippen molar-refractivity contribution < 1.29 is 9.31 Å². The van der Waals surface area contributed by atoms with Gasteiger partial charge in [0.1, 0.15) is 11.5 Å². The highest BCUT2D eigenvalue weighted by molar-refractivity contribution is 5.63. The van der Waals surface area contributed by atoms with Crippen LogP contribution in [0.5, 0.6) is 0 Å². The molecule has 0 saturated heterocycles. The van der Waals surface area contributed by atoms with Crippen molar-refractivity contribution >= 4 is 11.4 Å². The second-order valence-corrected chi connectivity index (χ2v) is 3.73. The molecule has 0 amide bonds. The molecule has 16 heavy (non-hydrogen) atoms. The number of hydrogen-bond donors (Lipinski definition) is 2. The van der Waals surface area contributed by atoms with Crippen LogP contribution < -0.4 is 11.1 Å². The van der Waals surface area contributed by atoms with Crippen LogP contribution in [-0.4, -0.2) is 17.5 Å². The number of nitro groups is 1. The van der Waals surface area contributed by atoms with Gasteiger partial charge in [-0.3, -0.25) is 10.1 Å². The van der Waals surface area contributed by atoms with Crippen LogP contribution in [0.4, 0.5) is 15.8 Å². The third-order valence-corrected chi connectivity index (χ3v) is 2.09. The predicted octanol–water partition coefficient (Wildman–Crippen LogP) is 1.80. The summed E-state index contributed by atoms with van der Waals surface area (Å²) in [5, 5.41) is 13.5. The molecule has 1 atom stereocenters. The molecule has 0 radical (unpaired) electrons. The van der Waals surface area contributed by atoms with E-state index in [4.69, 9.17) is 5.73 Å². The molecule has 0 aliphatic carbocycles. The van der Waals surface area contributed by atoms with E-state index in [1.807, 2.05) is 0 Å². The van der Waals surface area contributed by atoms with E-state index in [-0.39, 0.29) is 11.7 Å². The lowest BCUT2D eigenvalue weighted by Crippen LogP contribution is -2.25. The molecular formula is C10H14FN3O2. The minimum absolute atomic E-state index is 0.134. The molecule has 0 aliphatic rings. The van der Waals surface area contributed by atoms with E-state index in [0.717, 1.165) is 6.07 Å². The van der Waals surface area contributed by atoms with Crippen LogP contribution in [0.3, 0.4) is 0 Å². The standard InChI is InChI=1S/C10H14FN3O2/c1-6-3-9(13-5-7(2)12)10(14(15)16)4-8(6)11/h3-4,7,13H,5,12H2,1-2H3. The zero-order valence-electron chi connectivity index (χ0n) is 9.16.